The standard InChI is InChI=1S/C94H163NO8/c1-6-8-10-12-14-16-18-20-22-24-26-28-30-32-34-36-38-40-42-44-45-46-47-49-50-52-54-56-58-60-62-64-66-68-70-72-74-76-78-80-82-84-91(96)101-88-90(89-102-94(93(98)99)100-87-86-95(3,4)5)103-92(97)85-83-81-79-77-75-73-71-69-67-65-63-61-59-57-55-53-51-48-43-41-39-37-35-33-31-29-27-25-23-21-19-17-15-13-11-9-7-2/h9,11,15,17,21,23,27,29,33,35,39,41,48,51,55,57,61,63,67,69,73,75,90,94H,6-8,10,12-14,16,18-20,22,24-26,28,30-32,34,36-38,40,42-47,49-50,52-54,56,58-60,62,64-66,68,70-72,74,76-89H2,1-5H3/b11-9-,17-15-,23-21-,29-27-,35-33-,41-39-,51-48-,57-55-,63-61-,69-67-,75-73-. The summed E-state index contributed by atoms with van der Waals surface area (Å²) in [7, 11) is 5.92. The average Bonchev–Trinajstić information content (AvgIpc) is 1.16. The molecule has 9 nitrogen and oxygen atoms in total. The highest BCUT2D eigenvalue weighted by atomic mass is 16.7. The Morgan fingerprint density at radius 1 is 0.301 bits per heavy atom. The van der Waals surface area contributed by atoms with E-state index in [0.29, 0.717) is 17.4 Å². The summed E-state index contributed by atoms with van der Waals surface area (Å²) in [4.78, 5) is 37.6. The number of rotatable bonds is 80. The maximum Gasteiger partial charge on any atom is 0.306 e. The molecule has 0 aliphatic rings. The van der Waals surface area contributed by atoms with Gasteiger partial charge >= 0.3 is 11.9 Å². The number of aliphatic carboxylic acids is 1. The first-order valence-electron chi connectivity index (χ1n) is 43.3. The van der Waals surface area contributed by atoms with Crippen LogP contribution in [0.25, 0.3) is 0 Å². The molecule has 0 amide bonds. The van der Waals surface area contributed by atoms with Gasteiger partial charge in [0.2, 0.25) is 0 Å². The zero-order valence-electron chi connectivity index (χ0n) is 67.9. The van der Waals surface area contributed by atoms with Crippen LogP contribution in [0.3, 0.4) is 0 Å². The first-order chi connectivity index (χ1) is 50.6. The van der Waals surface area contributed by atoms with Crippen LogP contribution in [0.4, 0.5) is 0 Å². The van der Waals surface area contributed by atoms with Crippen molar-refractivity contribution in [1.82, 2.24) is 0 Å². The quantitative estimate of drug-likeness (QED) is 0.0195. The summed E-state index contributed by atoms with van der Waals surface area (Å²) < 4.78 is 22.8. The monoisotopic (exact) mass is 1430 g/mol. The number of allylic oxidation sites excluding steroid dienone is 22. The van der Waals surface area contributed by atoms with Gasteiger partial charge in [0.05, 0.1) is 40.3 Å². The number of esters is 2. The number of nitrogens with zero attached hydrogens (tertiary/aromatic N) is 1. The zero-order valence-corrected chi connectivity index (χ0v) is 67.9. The van der Waals surface area contributed by atoms with E-state index >= 15 is 0 Å². The molecule has 0 aromatic rings. The molecule has 0 N–H and O–H groups in total. The van der Waals surface area contributed by atoms with E-state index in [9.17, 15) is 19.5 Å². The van der Waals surface area contributed by atoms with E-state index in [4.69, 9.17) is 18.9 Å². The number of likely N-dealkylation sites (N-methyl/N-ethyl adjacent to an activating group) is 1. The second-order valence-corrected chi connectivity index (χ2v) is 30.1. The van der Waals surface area contributed by atoms with Crippen LogP contribution in [0.5, 0.6) is 0 Å². The van der Waals surface area contributed by atoms with Crippen molar-refractivity contribution in [3.63, 3.8) is 0 Å². The second kappa shape index (κ2) is 83.1. The van der Waals surface area contributed by atoms with Crippen molar-refractivity contribution in [1.29, 1.82) is 0 Å². The SMILES string of the molecule is CC/C=C\C/C=C\C/C=C\C/C=C\C/C=C\C/C=C\C/C=C\C/C=C\C/C=C\C/C=C\C/C=C\CCCCCC(=O)OC(COC(=O)CCCCCCCCCCCCCCCCCCCCCCCCCCCCCCCCCCCCCCCCCCC)COC(OCC[N+](C)(C)C)C(=O)[O-]. The summed E-state index contributed by atoms with van der Waals surface area (Å²) in [6.07, 6.45) is 118. The highest BCUT2D eigenvalue weighted by Gasteiger charge is 2.22. The van der Waals surface area contributed by atoms with Gasteiger partial charge in [0, 0.05) is 12.8 Å². The molecule has 0 fully saturated rings. The van der Waals surface area contributed by atoms with Gasteiger partial charge in [-0.15, -0.1) is 0 Å². The predicted octanol–water partition coefficient (Wildman–Crippen LogP) is 27.0. The molecule has 0 aliphatic carbocycles. The van der Waals surface area contributed by atoms with E-state index in [0.717, 1.165) is 109 Å². The number of hydrogen-bond donors (Lipinski definition) is 0. The van der Waals surface area contributed by atoms with E-state index in [-0.39, 0.29) is 38.6 Å². The summed E-state index contributed by atoms with van der Waals surface area (Å²) in [5, 5.41) is 11.9. The molecule has 0 aliphatic heterocycles. The number of carbonyl (C=O) groups is 3. The van der Waals surface area contributed by atoms with Crippen molar-refractivity contribution in [3.8, 4) is 0 Å². The van der Waals surface area contributed by atoms with Gasteiger partial charge in [0.15, 0.2) is 12.4 Å². The average molecular weight is 1440 g/mol. The van der Waals surface area contributed by atoms with Gasteiger partial charge in [0.25, 0.3) is 0 Å². The molecular formula is C94H163NO8. The highest BCUT2D eigenvalue weighted by molar-refractivity contribution is 5.70. The molecule has 0 saturated heterocycles. The fourth-order valence-electron chi connectivity index (χ4n) is 12.4. The van der Waals surface area contributed by atoms with Crippen molar-refractivity contribution in [2.24, 2.45) is 0 Å². The maximum absolute atomic E-state index is 13.0. The minimum Gasteiger partial charge on any atom is -0.545 e. The Morgan fingerprint density at radius 2 is 0.553 bits per heavy atom. The molecule has 2 atom stereocenters. The lowest BCUT2D eigenvalue weighted by Gasteiger charge is -2.26. The molecule has 592 valence electrons. The molecule has 2 unspecified atom stereocenters. The van der Waals surface area contributed by atoms with Gasteiger partial charge in [-0.3, -0.25) is 9.59 Å². The molecule has 0 radical (unpaired) electrons. The maximum atomic E-state index is 13.0. The van der Waals surface area contributed by atoms with E-state index in [1.54, 1.807) is 0 Å². The summed E-state index contributed by atoms with van der Waals surface area (Å²) in [5.74, 6) is -2.32. The van der Waals surface area contributed by atoms with Crippen LogP contribution in [0.1, 0.15) is 386 Å². The fraction of sp³-hybridized carbons (Fsp3) is 0.734. The summed E-state index contributed by atoms with van der Waals surface area (Å²) >= 11 is 0. The van der Waals surface area contributed by atoms with E-state index in [1.807, 2.05) is 21.1 Å². The number of quaternary nitrogens is 1. The largest absolute Gasteiger partial charge is 0.545 e. The molecule has 9 heteroatoms. The van der Waals surface area contributed by atoms with Crippen LogP contribution in [0.2, 0.25) is 0 Å². The molecule has 0 aromatic carbocycles. The summed E-state index contributed by atoms with van der Waals surface area (Å²) in [5.41, 5.74) is 0. The van der Waals surface area contributed by atoms with Crippen molar-refractivity contribution >= 4 is 17.9 Å². The molecule has 0 spiro atoms. The molecule has 0 saturated carbocycles. The molecule has 0 bridgehead atoms. The molecule has 0 rings (SSSR count). The molecular weight excluding hydrogens is 1270 g/mol. The van der Waals surface area contributed by atoms with Crippen molar-refractivity contribution < 1.29 is 42.9 Å². The zero-order chi connectivity index (χ0) is 74.6. The Bertz CT molecular complexity index is 2170. The van der Waals surface area contributed by atoms with Gasteiger partial charge in [-0.25, -0.2) is 0 Å². The van der Waals surface area contributed by atoms with Crippen LogP contribution >= 0.6 is 0 Å². The van der Waals surface area contributed by atoms with Crippen molar-refractivity contribution in [2.45, 2.75) is 399 Å². The third kappa shape index (κ3) is 84.6. The topological polar surface area (TPSA) is 111 Å². The lowest BCUT2D eigenvalue weighted by molar-refractivity contribution is -0.870. The number of hydrogen-bond acceptors (Lipinski definition) is 8. The smallest absolute Gasteiger partial charge is 0.306 e. The second-order valence-electron chi connectivity index (χ2n) is 30.1. The van der Waals surface area contributed by atoms with Crippen LogP contribution in [-0.4, -0.2) is 82.3 Å². The Kier molecular flexibility index (Phi) is 79.4. The molecule has 0 heterocycles. The van der Waals surface area contributed by atoms with E-state index in [2.05, 4.69) is 148 Å². The van der Waals surface area contributed by atoms with Gasteiger partial charge < -0.3 is 33.3 Å². The molecule has 0 aromatic heterocycles. The minimum absolute atomic E-state index is 0.136. The normalized spacial score (nSPS) is 13.3. The van der Waals surface area contributed by atoms with Crippen LogP contribution in [0.15, 0.2) is 134 Å². The third-order valence-electron chi connectivity index (χ3n) is 18.9. The van der Waals surface area contributed by atoms with Crippen LogP contribution in [-0.2, 0) is 33.3 Å². The Morgan fingerprint density at radius 3 is 0.825 bits per heavy atom. The first-order valence-corrected chi connectivity index (χ1v) is 43.3. The van der Waals surface area contributed by atoms with Crippen molar-refractivity contribution in [3.05, 3.63) is 134 Å². The number of carbonyl (C=O) groups excluding carboxylic acids is 3. The highest BCUT2D eigenvalue weighted by Crippen LogP contribution is 2.20. The fourth-order valence-corrected chi connectivity index (χ4v) is 12.4. The number of carboxylic acids is 1. The van der Waals surface area contributed by atoms with E-state index < -0.39 is 24.3 Å². The minimum atomic E-state index is -1.64. The Labute approximate surface area is 637 Å². The predicted molar refractivity (Wildman–Crippen MR) is 444 cm³/mol. The van der Waals surface area contributed by atoms with Gasteiger partial charge in [-0.05, 0) is 96.3 Å². The van der Waals surface area contributed by atoms with Gasteiger partial charge in [0.1, 0.15) is 13.2 Å². The summed E-state index contributed by atoms with van der Waals surface area (Å²) in [6, 6.07) is 0. The Hall–Kier alpha value is -4.57. The Balaban J connectivity index is 4.05. The molecule has 103 heavy (non-hydrogen) atoms. The number of unbranched alkanes of at least 4 members (excludes halogenated alkanes) is 43. The third-order valence-corrected chi connectivity index (χ3v) is 18.9. The van der Waals surface area contributed by atoms with Crippen molar-refractivity contribution in [2.75, 3.05) is 47.5 Å². The lowest BCUT2D eigenvalue weighted by Crippen LogP contribution is -2.44. The van der Waals surface area contributed by atoms with E-state index in [1.165, 1.54) is 244 Å². The van der Waals surface area contributed by atoms with Gasteiger partial charge in [-0.1, -0.05) is 411 Å². The van der Waals surface area contributed by atoms with Gasteiger partial charge in [-0.2, -0.15) is 0 Å². The lowest BCUT2D eigenvalue weighted by atomic mass is 10.0. The first kappa shape index (κ1) is 98.4. The number of carboxylic acid groups (broad SMARTS) is 1. The van der Waals surface area contributed by atoms with Crippen LogP contribution < -0.4 is 5.11 Å². The summed E-state index contributed by atoms with van der Waals surface area (Å²) in [6.45, 7) is 4.63. The van der Waals surface area contributed by atoms with Crippen LogP contribution in [0, 0.1) is 0 Å². The number of ether oxygens (including phenoxy) is 4.